The van der Waals surface area contributed by atoms with Gasteiger partial charge in [0.2, 0.25) is 0 Å². The molecule has 1 aromatic rings. The van der Waals surface area contributed by atoms with Crippen LogP contribution in [0.1, 0.15) is 32.8 Å². The SMILES string of the molecule is CC(C)(C)OC(=O)N1CC2CC2(c2ccc(B(O)O)cc2)C1. The van der Waals surface area contributed by atoms with Crippen molar-refractivity contribution in [3.8, 4) is 0 Å². The first-order valence-corrected chi connectivity index (χ1v) is 7.66. The molecule has 1 amide bonds. The van der Waals surface area contributed by atoms with Crippen molar-refractivity contribution in [3.63, 3.8) is 0 Å². The molecule has 1 aliphatic heterocycles. The van der Waals surface area contributed by atoms with E-state index in [1.54, 1.807) is 17.0 Å². The van der Waals surface area contributed by atoms with E-state index in [0.717, 1.165) is 18.5 Å². The summed E-state index contributed by atoms with van der Waals surface area (Å²) in [5.74, 6) is 0.477. The Hall–Kier alpha value is -1.53. The van der Waals surface area contributed by atoms with E-state index >= 15 is 0 Å². The molecule has 22 heavy (non-hydrogen) atoms. The van der Waals surface area contributed by atoms with Gasteiger partial charge in [0.1, 0.15) is 5.60 Å². The van der Waals surface area contributed by atoms with Crippen molar-refractivity contribution >= 4 is 18.7 Å². The van der Waals surface area contributed by atoms with Crippen LogP contribution in [0.3, 0.4) is 0 Å². The molecule has 2 N–H and O–H groups in total. The number of carbonyl (C=O) groups is 1. The minimum absolute atomic E-state index is 0.0237. The Morgan fingerprint density at radius 1 is 1.32 bits per heavy atom. The van der Waals surface area contributed by atoms with Crippen LogP contribution in [-0.2, 0) is 10.2 Å². The number of fused-ring (bicyclic) bond motifs is 1. The van der Waals surface area contributed by atoms with Crippen molar-refractivity contribution in [2.45, 2.75) is 38.2 Å². The standard InChI is InChI=1S/C16H22BNO4/c1-15(2,3)22-14(19)18-9-12-8-16(12,10-18)11-4-6-13(7-5-11)17(20)21/h4-7,12,20-21H,8-10H2,1-3H3. The lowest BCUT2D eigenvalue weighted by molar-refractivity contribution is 0.0270. The molecule has 3 rings (SSSR count). The second-order valence-corrected chi connectivity index (χ2v) is 7.41. The average molecular weight is 303 g/mol. The smallest absolute Gasteiger partial charge is 0.444 e. The van der Waals surface area contributed by atoms with E-state index in [1.165, 1.54) is 0 Å². The second-order valence-electron chi connectivity index (χ2n) is 7.41. The Morgan fingerprint density at radius 3 is 2.50 bits per heavy atom. The molecule has 2 aliphatic rings. The Bertz CT molecular complexity index is 581. The Labute approximate surface area is 131 Å². The highest BCUT2D eigenvalue weighted by Gasteiger charge is 2.62. The van der Waals surface area contributed by atoms with Crippen LogP contribution in [0.4, 0.5) is 4.79 Å². The summed E-state index contributed by atoms with van der Waals surface area (Å²) < 4.78 is 5.44. The zero-order valence-corrected chi connectivity index (χ0v) is 13.2. The molecular weight excluding hydrogens is 281 g/mol. The summed E-state index contributed by atoms with van der Waals surface area (Å²) in [5, 5.41) is 18.3. The largest absolute Gasteiger partial charge is 0.488 e. The maximum absolute atomic E-state index is 12.2. The zero-order chi connectivity index (χ0) is 16.1. The number of carbonyl (C=O) groups excluding carboxylic acids is 1. The van der Waals surface area contributed by atoms with E-state index in [-0.39, 0.29) is 11.5 Å². The predicted octanol–water partition coefficient (Wildman–Crippen LogP) is 0.875. The summed E-state index contributed by atoms with van der Waals surface area (Å²) in [4.78, 5) is 14.0. The number of ether oxygens (including phenoxy) is 1. The summed E-state index contributed by atoms with van der Waals surface area (Å²) >= 11 is 0. The van der Waals surface area contributed by atoms with Crippen LogP contribution in [-0.4, -0.2) is 46.9 Å². The predicted molar refractivity (Wildman–Crippen MR) is 83.9 cm³/mol. The third-order valence-electron chi connectivity index (χ3n) is 4.58. The van der Waals surface area contributed by atoms with Crippen molar-refractivity contribution in [3.05, 3.63) is 29.8 Å². The monoisotopic (exact) mass is 303 g/mol. The van der Waals surface area contributed by atoms with Gasteiger partial charge in [-0.3, -0.25) is 0 Å². The molecule has 0 aromatic heterocycles. The van der Waals surface area contributed by atoms with Gasteiger partial charge in [0.05, 0.1) is 0 Å². The quantitative estimate of drug-likeness (QED) is 0.796. The molecule has 5 nitrogen and oxygen atoms in total. The zero-order valence-electron chi connectivity index (χ0n) is 13.2. The third kappa shape index (κ3) is 2.73. The van der Waals surface area contributed by atoms with Crippen LogP contribution >= 0.6 is 0 Å². The van der Waals surface area contributed by atoms with Gasteiger partial charge in [-0.15, -0.1) is 0 Å². The van der Waals surface area contributed by atoms with Gasteiger partial charge in [-0.25, -0.2) is 4.79 Å². The van der Waals surface area contributed by atoms with Crippen LogP contribution in [0.5, 0.6) is 0 Å². The molecule has 1 aliphatic carbocycles. The van der Waals surface area contributed by atoms with E-state index in [4.69, 9.17) is 14.8 Å². The van der Waals surface area contributed by atoms with Crippen LogP contribution < -0.4 is 5.46 Å². The molecule has 2 unspecified atom stereocenters. The van der Waals surface area contributed by atoms with Gasteiger partial charge in [0.15, 0.2) is 0 Å². The molecule has 1 saturated heterocycles. The Balaban J connectivity index is 1.71. The number of amides is 1. The fraction of sp³-hybridized carbons (Fsp3) is 0.562. The Kier molecular flexibility index (Phi) is 3.49. The van der Waals surface area contributed by atoms with Gasteiger partial charge < -0.3 is 19.7 Å². The lowest BCUT2D eigenvalue weighted by atomic mass is 9.79. The van der Waals surface area contributed by atoms with Crippen LogP contribution in [0, 0.1) is 5.92 Å². The fourth-order valence-electron chi connectivity index (χ4n) is 3.38. The van der Waals surface area contributed by atoms with Crippen molar-refractivity contribution in [2.24, 2.45) is 5.92 Å². The van der Waals surface area contributed by atoms with Gasteiger partial charge in [0.25, 0.3) is 0 Å². The van der Waals surface area contributed by atoms with Crippen molar-refractivity contribution in [2.75, 3.05) is 13.1 Å². The minimum Gasteiger partial charge on any atom is -0.444 e. The number of hydrogen-bond donors (Lipinski definition) is 2. The number of benzene rings is 1. The van der Waals surface area contributed by atoms with Gasteiger partial charge in [0, 0.05) is 18.5 Å². The molecule has 0 radical (unpaired) electrons. The fourth-order valence-corrected chi connectivity index (χ4v) is 3.38. The van der Waals surface area contributed by atoms with Gasteiger partial charge in [-0.05, 0) is 44.1 Å². The van der Waals surface area contributed by atoms with Gasteiger partial charge in [-0.2, -0.15) is 0 Å². The van der Waals surface area contributed by atoms with Crippen LogP contribution in [0.15, 0.2) is 24.3 Å². The molecule has 0 spiro atoms. The second kappa shape index (κ2) is 5.00. The van der Waals surface area contributed by atoms with Crippen LogP contribution in [0.25, 0.3) is 0 Å². The summed E-state index contributed by atoms with van der Waals surface area (Å²) in [6, 6.07) is 7.35. The first-order chi connectivity index (χ1) is 10.2. The summed E-state index contributed by atoms with van der Waals surface area (Å²) in [5.41, 5.74) is 1.19. The minimum atomic E-state index is -1.44. The summed E-state index contributed by atoms with van der Waals surface area (Å²) in [7, 11) is -1.44. The van der Waals surface area contributed by atoms with Crippen molar-refractivity contribution in [1.29, 1.82) is 0 Å². The van der Waals surface area contributed by atoms with E-state index in [0.29, 0.717) is 17.9 Å². The van der Waals surface area contributed by atoms with Crippen molar-refractivity contribution < 1.29 is 19.6 Å². The third-order valence-corrected chi connectivity index (χ3v) is 4.58. The summed E-state index contributed by atoms with van der Waals surface area (Å²) in [6.45, 7) is 7.02. The first-order valence-electron chi connectivity index (χ1n) is 7.66. The molecule has 2 atom stereocenters. The average Bonchev–Trinajstić information content (AvgIpc) is 2.99. The van der Waals surface area contributed by atoms with E-state index in [9.17, 15) is 4.79 Å². The lowest BCUT2D eigenvalue weighted by Crippen LogP contribution is -2.37. The van der Waals surface area contributed by atoms with E-state index < -0.39 is 12.7 Å². The topological polar surface area (TPSA) is 70.0 Å². The highest BCUT2D eigenvalue weighted by Crippen LogP contribution is 2.59. The maximum atomic E-state index is 12.2. The molecule has 1 heterocycles. The maximum Gasteiger partial charge on any atom is 0.488 e. The lowest BCUT2D eigenvalue weighted by Gasteiger charge is -2.26. The molecule has 1 aromatic carbocycles. The molecule has 0 bridgehead atoms. The molecule has 6 heteroatoms. The molecular formula is C16H22BNO4. The normalized spacial score (nSPS) is 26.6. The molecule has 1 saturated carbocycles. The molecule has 118 valence electrons. The number of rotatable bonds is 2. The highest BCUT2D eigenvalue weighted by molar-refractivity contribution is 6.58. The number of piperidine rings is 1. The first kappa shape index (κ1) is 15.4. The van der Waals surface area contributed by atoms with Crippen molar-refractivity contribution in [1.82, 2.24) is 4.90 Å². The van der Waals surface area contributed by atoms with E-state index in [1.807, 2.05) is 32.9 Å². The number of hydrogen-bond acceptors (Lipinski definition) is 4. The highest BCUT2D eigenvalue weighted by atomic mass is 16.6. The number of likely N-dealkylation sites (tertiary alicyclic amines) is 1. The van der Waals surface area contributed by atoms with E-state index in [2.05, 4.69) is 0 Å². The van der Waals surface area contributed by atoms with Gasteiger partial charge in [-0.1, -0.05) is 24.3 Å². The van der Waals surface area contributed by atoms with Gasteiger partial charge >= 0.3 is 13.2 Å². The Morgan fingerprint density at radius 2 is 1.95 bits per heavy atom. The summed E-state index contributed by atoms with van der Waals surface area (Å²) in [6.07, 6.45) is 0.828. The van der Waals surface area contributed by atoms with Crippen LogP contribution in [0.2, 0.25) is 0 Å². The number of nitrogens with zero attached hydrogens (tertiary/aromatic N) is 1. The molecule has 2 fully saturated rings.